The van der Waals surface area contributed by atoms with Crippen molar-refractivity contribution < 1.29 is 79.2 Å². The quantitative estimate of drug-likeness (QED) is 0.487. The van der Waals surface area contributed by atoms with Crippen LogP contribution in [-0.2, 0) is 21.7 Å². The van der Waals surface area contributed by atoms with E-state index in [-0.39, 0.29) is 128 Å². The summed E-state index contributed by atoms with van der Waals surface area (Å²) in [5.41, 5.74) is 0. The van der Waals surface area contributed by atoms with E-state index in [2.05, 4.69) is 0 Å². The fourth-order valence-corrected chi connectivity index (χ4v) is 0. The van der Waals surface area contributed by atoms with Gasteiger partial charge in [-0.15, -0.1) is 0 Å². The summed E-state index contributed by atoms with van der Waals surface area (Å²) in [6, 6.07) is 0. The Balaban J connectivity index is 0. The van der Waals surface area contributed by atoms with Crippen LogP contribution >= 0.6 is 0 Å². The van der Waals surface area contributed by atoms with Gasteiger partial charge in [0.1, 0.15) is 0 Å². The molecule has 4 N–H and O–H groups in total. The van der Waals surface area contributed by atoms with Gasteiger partial charge in [-0.2, -0.15) is 0 Å². The topological polar surface area (TPSA) is 120 Å². The average molecular weight is 392 g/mol. The molecular formula is H4BaLaO4Ti+. The van der Waals surface area contributed by atoms with Crippen molar-refractivity contribution in [3.8, 4) is 0 Å². The largest absolute Gasteiger partial charge is 3.00 e. The van der Waals surface area contributed by atoms with Gasteiger partial charge in [0.05, 0.1) is 0 Å². The molecule has 0 radical (unpaired) electrons. The molecule has 0 aromatic rings. The minimum Gasteiger partial charge on any atom is -0.870 e. The van der Waals surface area contributed by atoms with Gasteiger partial charge in [-0.1, -0.05) is 0 Å². The summed E-state index contributed by atoms with van der Waals surface area (Å²) < 4.78 is 0. The Labute approximate surface area is 125 Å². The Morgan fingerprint density at radius 2 is 0.571 bits per heavy atom. The molecule has 0 spiro atoms. The maximum Gasteiger partial charge on any atom is 3.00 e. The van der Waals surface area contributed by atoms with E-state index in [1.54, 1.807) is 0 Å². The van der Waals surface area contributed by atoms with E-state index >= 15 is 0 Å². The standard InChI is InChI=1S/Ba.La.4H2O.Ti/h;;4*1H2;/q+2;+3;;;;;/p-4. The van der Waals surface area contributed by atoms with Crippen LogP contribution in [0.1, 0.15) is 0 Å². The summed E-state index contributed by atoms with van der Waals surface area (Å²) in [4.78, 5) is 0. The molecular weight excluding hydrogens is 388 g/mol. The molecule has 0 aliphatic rings. The number of hydrogen-bond acceptors (Lipinski definition) is 4. The molecule has 7 heavy (non-hydrogen) atoms. The van der Waals surface area contributed by atoms with Crippen molar-refractivity contribution >= 4 is 48.9 Å². The van der Waals surface area contributed by atoms with Gasteiger partial charge in [0, 0.05) is 21.7 Å². The molecule has 0 aliphatic carbocycles. The fourth-order valence-electron chi connectivity index (χ4n) is 0. The van der Waals surface area contributed by atoms with Crippen LogP contribution in [0.2, 0.25) is 0 Å². The smallest absolute Gasteiger partial charge is 0.870 e. The van der Waals surface area contributed by atoms with Gasteiger partial charge in [-0.05, 0) is 0 Å². The van der Waals surface area contributed by atoms with Crippen molar-refractivity contribution in [3.05, 3.63) is 0 Å². The third kappa shape index (κ3) is 45.3. The molecule has 0 amide bonds. The molecule has 0 rings (SSSR count). The van der Waals surface area contributed by atoms with E-state index in [9.17, 15) is 0 Å². The molecule has 7 heteroatoms. The van der Waals surface area contributed by atoms with Gasteiger partial charge < -0.3 is 21.9 Å². The summed E-state index contributed by atoms with van der Waals surface area (Å²) in [5.74, 6) is 0. The minimum absolute atomic E-state index is 0. The molecule has 0 atom stereocenters. The van der Waals surface area contributed by atoms with Crippen LogP contribution < -0.4 is 0 Å². The Kier molecular flexibility index (Phi) is 680. The van der Waals surface area contributed by atoms with E-state index in [4.69, 9.17) is 0 Å². The molecule has 0 aliphatic heterocycles. The SMILES string of the molecule is [Ba+2].[La+3].[OH-].[OH-].[OH-].[OH-].[Ti]. The van der Waals surface area contributed by atoms with Crippen LogP contribution in [-0.4, -0.2) is 70.8 Å². The summed E-state index contributed by atoms with van der Waals surface area (Å²) in [5, 5.41) is 0. The molecule has 0 bridgehead atoms. The molecule has 0 aromatic heterocycles. The molecule has 0 saturated carbocycles. The molecule has 0 heterocycles. The van der Waals surface area contributed by atoms with Crippen LogP contribution in [0, 0.1) is 35.6 Å². The Morgan fingerprint density at radius 3 is 0.571 bits per heavy atom. The maximum absolute atomic E-state index is 0. The van der Waals surface area contributed by atoms with Crippen molar-refractivity contribution in [2.45, 2.75) is 0 Å². The summed E-state index contributed by atoms with van der Waals surface area (Å²) in [7, 11) is 0. The van der Waals surface area contributed by atoms with Gasteiger partial charge >= 0.3 is 84.5 Å². The average Bonchev–Trinajstić information content (AvgIpc) is 0. The fraction of sp³-hybridized carbons (Fsp3) is 0. The molecule has 0 fully saturated rings. The first-order valence-electron chi connectivity index (χ1n) is 0. The van der Waals surface area contributed by atoms with Gasteiger partial charge in [-0.3, -0.25) is 0 Å². The molecule has 36 valence electrons. The van der Waals surface area contributed by atoms with Gasteiger partial charge in [0.15, 0.2) is 0 Å². The number of hydrogen-bond donors (Lipinski definition) is 0. The normalized spacial score (nSPS) is 0. The minimum atomic E-state index is 0. The molecule has 0 aromatic carbocycles. The van der Waals surface area contributed by atoms with Crippen LogP contribution in [0.5, 0.6) is 0 Å². The van der Waals surface area contributed by atoms with Gasteiger partial charge in [-0.25, -0.2) is 0 Å². The first kappa shape index (κ1) is 81.3. The zero-order valence-electron chi connectivity index (χ0n) is 3.57. The molecule has 0 saturated heterocycles. The van der Waals surface area contributed by atoms with Crippen molar-refractivity contribution in [2.75, 3.05) is 0 Å². The maximum atomic E-state index is 0. The first-order chi connectivity index (χ1) is 0. The molecule has 0 unspecified atom stereocenters. The van der Waals surface area contributed by atoms with Gasteiger partial charge in [0.25, 0.3) is 0 Å². The Morgan fingerprint density at radius 1 is 0.571 bits per heavy atom. The van der Waals surface area contributed by atoms with Crippen LogP contribution in [0.15, 0.2) is 0 Å². The van der Waals surface area contributed by atoms with E-state index < -0.39 is 0 Å². The van der Waals surface area contributed by atoms with E-state index in [0.29, 0.717) is 0 Å². The van der Waals surface area contributed by atoms with Crippen molar-refractivity contribution in [1.29, 1.82) is 0 Å². The van der Waals surface area contributed by atoms with E-state index in [0.717, 1.165) is 0 Å². The predicted octanol–water partition coefficient (Wildman–Crippen LogP) is -1.09. The second-order valence-corrected chi connectivity index (χ2v) is 0. The van der Waals surface area contributed by atoms with Crippen molar-refractivity contribution in [3.63, 3.8) is 0 Å². The second-order valence-electron chi connectivity index (χ2n) is 0. The molecule has 4 nitrogen and oxygen atoms in total. The third-order valence-electron chi connectivity index (χ3n) is 0. The van der Waals surface area contributed by atoms with Crippen LogP contribution in [0.25, 0.3) is 0 Å². The Hall–Kier alpha value is 3.32. The van der Waals surface area contributed by atoms with Crippen LogP contribution in [0.3, 0.4) is 0 Å². The summed E-state index contributed by atoms with van der Waals surface area (Å²) in [6.45, 7) is 0. The third-order valence-corrected chi connectivity index (χ3v) is 0. The van der Waals surface area contributed by atoms with E-state index in [1.165, 1.54) is 0 Å². The van der Waals surface area contributed by atoms with Crippen LogP contribution in [0.4, 0.5) is 0 Å². The zero-order chi connectivity index (χ0) is 0. The van der Waals surface area contributed by atoms with Crippen molar-refractivity contribution in [1.82, 2.24) is 0 Å². The summed E-state index contributed by atoms with van der Waals surface area (Å²) in [6.07, 6.45) is 0. The first-order valence-corrected chi connectivity index (χ1v) is 0. The van der Waals surface area contributed by atoms with E-state index in [1.807, 2.05) is 0 Å². The second kappa shape index (κ2) is 58.5. The summed E-state index contributed by atoms with van der Waals surface area (Å²) >= 11 is 0. The Bertz CT molecular complexity index is 11.7. The van der Waals surface area contributed by atoms with Crippen molar-refractivity contribution in [2.24, 2.45) is 0 Å². The monoisotopic (exact) mass is 393 g/mol. The van der Waals surface area contributed by atoms with Gasteiger partial charge in [0.2, 0.25) is 0 Å². The zero-order valence-corrected chi connectivity index (χ0v) is 13.2. The number of rotatable bonds is 0. The predicted molar refractivity (Wildman–Crippen MR) is 13.5 cm³/mol.